The monoisotopic (exact) mass is 293 g/mol. The Morgan fingerprint density at radius 2 is 2.10 bits per heavy atom. The molecule has 1 aromatic rings. The number of halogens is 1. The maximum Gasteiger partial charge on any atom is 0.146 e. The molecule has 2 aliphatic rings. The summed E-state index contributed by atoms with van der Waals surface area (Å²) in [6.45, 7) is 6.18. The first kappa shape index (κ1) is 14.8. The van der Waals surface area contributed by atoms with E-state index in [2.05, 4.69) is 15.1 Å². The average molecular weight is 293 g/mol. The lowest BCUT2D eigenvalue weighted by Crippen LogP contribution is -2.44. The largest absolute Gasteiger partial charge is 0.379 e. The van der Waals surface area contributed by atoms with Crippen LogP contribution in [0.15, 0.2) is 18.2 Å². The summed E-state index contributed by atoms with van der Waals surface area (Å²) >= 11 is 0. The number of anilines is 1. The Morgan fingerprint density at radius 3 is 2.86 bits per heavy atom. The van der Waals surface area contributed by atoms with Gasteiger partial charge in [-0.15, -0.1) is 0 Å². The summed E-state index contributed by atoms with van der Waals surface area (Å²) < 4.78 is 19.7. The standard InChI is InChI=1S/C16H24FN3O/c1-18-11-13-3-2-4-15(17)16(13)20-6-5-14(12-20)19-7-9-21-10-8-19/h2-4,14,18H,5-12H2,1H3. The van der Waals surface area contributed by atoms with E-state index in [1.807, 2.05) is 13.1 Å². The van der Waals surface area contributed by atoms with Crippen LogP contribution in [0.3, 0.4) is 0 Å². The van der Waals surface area contributed by atoms with Crippen LogP contribution in [0, 0.1) is 5.82 Å². The quantitative estimate of drug-likeness (QED) is 0.909. The van der Waals surface area contributed by atoms with Gasteiger partial charge in [0.05, 0.1) is 18.9 Å². The van der Waals surface area contributed by atoms with Gasteiger partial charge < -0.3 is 15.0 Å². The van der Waals surface area contributed by atoms with Crippen LogP contribution in [0.1, 0.15) is 12.0 Å². The molecule has 21 heavy (non-hydrogen) atoms. The summed E-state index contributed by atoms with van der Waals surface area (Å²) in [5, 5.41) is 3.13. The minimum absolute atomic E-state index is 0.106. The van der Waals surface area contributed by atoms with E-state index >= 15 is 0 Å². The van der Waals surface area contributed by atoms with Crippen molar-refractivity contribution in [1.82, 2.24) is 10.2 Å². The van der Waals surface area contributed by atoms with Crippen molar-refractivity contribution < 1.29 is 9.13 Å². The highest BCUT2D eigenvalue weighted by Gasteiger charge is 2.30. The minimum atomic E-state index is -0.106. The number of nitrogens with zero attached hydrogens (tertiary/aromatic N) is 2. The van der Waals surface area contributed by atoms with Gasteiger partial charge in [-0.3, -0.25) is 4.90 Å². The van der Waals surface area contributed by atoms with Gasteiger partial charge in [-0.2, -0.15) is 0 Å². The fourth-order valence-electron chi connectivity index (χ4n) is 3.43. The highest BCUT2D eigenvalue weighted by Crippen LogP contribution is 2.29. The molecule has 3 rings (SSSR count). The number of hydrogen-bond donors (Lipinski definition) is 1. The van der Waals surface area contributed by atoms with Crippen molar-refractivity contribution in [3.8, 4) is 0 Å². The minimum Gasteiger partial charge on any atom is -0.379 e. The maximum absolute atomic E-state index is 14.3. The van der Waals surface area contributed by atoms with E-state index in [1.54, 1.807) is 12.1 Å². The lowest BCUT2D eigenvalue weighted by atomic mass is 10.1. The Hall–Kier alpha value is -1.17. The zero-order valence-corrected chi connectivity index (χ0v) is 12.6. The second kappa shape index (κ2) is 6.73. The first-order chi connectivity index (χ1) is 10.3. The van der Waals surface area contributed by atoms with Crippen molar-refractivity contribution in [2.45, 2.75) is 19.0 Å². The molecule has 2 aliphatic heterocycles. The van der Waals surface area contributed by atoms with Gasteiger partial charge in [0.25, 0.3) is 0 Å². The van der Waals surface area contributed by atoms with Crippen LogP contribution in [-0.4, -0.2) is 57.4 Å². The Bertz CT molecular complexity index is 477. The molecule has 0 saturated carbocycles. The van der Waals surface area contributed by atoms with Gasteiger partial charge in [0, 0.05) is 38.8 Å². The Morgan fingerprint density at radius 1 is 1.29 bits per heavy atom. The topological polar surface area (TPSA) is 27.7 Å². The molecule has 2 fully saturated rings. The molecule has 4 nitrogen and oxygen atoms in total. The van der Waals surface area contributed by atoms with Crippen LogP contribution in [0.25, 0.3) is 0 Å². The number of morpholine rings is 1. The molecule has 5 heteroatoms. The molecule has 2 heterocycles. The number of nitrogens with one attached hydrogen (secondary N) is 1. The Labute approximate surface area is 125 Å². The summed E-state index contributed by atoms with van der Waals surface area (Å²) in [6, 6.07) is 5.89. The lowest BCUT2D eigenvalue weighted by molar-refractivity contribution is 0.0209. The van der Waals surface area contributed by atoms with Crippen LogP contribution >= 0.6 is 0 Å². The fraction of sp³-hybridized carbons (Fsp3) is 0.625. The number of benzene rings is 1. The Balaban J connectivity index is 1.73. The van der Waals surface area contributed by atoms with Gasteiger partial charge in [-0.1, -0.05) is 12.1 Å². The van der Waals surface area contributed by atoms with E-state index in [4.69, 9.17) is 4.74 Å². The summed E-state index contributed by atoms with van der Waals surface area (Å²) in [6.07, 6.45) is 1.10. The third kappa shape index (κ3) is 3.20. The normalized spacial score (nSPS) is 23.7. The molecule has 1 atom stereocenters. The number of ether oxygens (including phenoxy) is 1. The average Bonchev–Trinajstić information content (AvgIpc) is 2.98. The van der Waals surface area contributed by atoms with Gasteiger partial charge in [0.1, 0.15) is 5.82 Å². The molecular formula is C16H24FN3O. The Kier molecular flexibility index (Phi) is 4.73. The van der Waals surface area contributed by atoms with Crippen LogP contribution < -0.4 is 10.2 Å². The molecule has 0 radical (unpaired) electrons. The van der Waals surface area contributed by atoms with Crippen LogP contribution in [0.5, 0.6) is 0 Å². The van der Waals surface area contributed by atoms with Gasteiger partial charge in [-0.25, -0.2) is 4.39 Å². The SMILES string of the molecule is CNCc1cccc(F)c1N1CCC(N2CCOCC2)C1. The molecular weight excluding hydrogens is 269 g/mol. The van der Waals surface area contributed by atoms with E-state index in [-0.39, 0.29) is 5.82 Å². The van der Waals surface area contributed by atoms with Gasteiger partial charge in [-0.05, 0) is 25.1 Å². The van der Waals surface area contributed by atoms with Crippen molar-refractivity contribution in [3.05, 3.63) is 29.6 Å². The first-order valence-electron chi connectivity index (χ1n) is 7.78. The van der Waals surface area contributed by atoms with Crippen molar-refractivity contribution in [2.75, 3.05) is 51.3 Å². The van der Waals surface area contributed by atoms with E-state index in [9.17, 15) is 4.39 Å². The van der Waals surface area contributed by atoms with Gasteiger partial charge in [0.15, 0.2) is 0 Å². The second-order valence-electron chi connectivity index (χ2n) is 5.81. The van der Waals surface area contributed by atoms with E-state index in [0.717, 1.165) is 57.1 Å². The van der Waals surface area contributed by atoms with Crippen molar-refractivity contribution in [2.24, 2.45) is 0 Å². The molecule has 0 aromatic heterocycles. The predicted octanol–water partition coefficient (Wildman–Crippen LogP) is 1.46. The zero-order valence-electron chi connectivity index (χ0n) is 12.6. The van der Waals surface area contributed by atoms with Crippen molar-refractivity contribution >= 4 is 5.69 Å². The first-order valence-corrected chi connectivity index (χ1v) is 7.78. The van der Waals surface area contributed by atoms with Crippen molar-refractivity contribution in [1.29, 1.82) is 0 Å². The summed E-state index contributed by atoms with van der Waals surface area (Å²) in [5.41, 5.74) is 1.82. The predicted molar refractivity (Wildman–Crippen MR) is 82.2 cm³/mol. The van der Waals surface area contributed by atoms with Gasteiger partial charge in [0.2, 0.25) is 0 Å². The van der Waals surface area contributed by atoms with Crippen LogP contribution in [-0.2, 0) is 11.3 Å². The van der Waals surface area contributed by atoms with E-state index in [1.165, 1.54) is 0 Å². The smallest absolute Gasteiger partial charge is 0.146 e. The third-order valence-corrected chi connectivity index (χ3v) is 4.48. The van der Waals surface area contributed by atoms with E-state index < -0.39 is 0 Å². The van der Waals surface area contributed by atoms with E-state index in [0.29, 0.717) is 12.6 Å². The molecule has 0 spiro atoms. The maximum atomic E-state index is 14.3. The zero-order chi connectivity index (χ0) is 14.7. The second-order valence-corrected chi connectivity index (χ2v) is 5.81. The molecule has 1 N–H and O–H groups in total. The molecule has 1 aromatic carbocycles. The number of hydrogen-bond acceptors (Lipinski definition) is 4. The third-order valence-electron chi connectivity index (χ3n) is 4.48. The molecule has 0 bridgehead atoms. The molecule has 116 valence electrons. The molecule has 2 saturated heterocycles. The molecule has 0 aliphatic carbocycles. The lowest BCUT2D eigenvalue weighted by Gasteiger charge is -2.32. The molecule has 1 unspecified atom stereocenters. The summed E-state index contributed by atoms with van der Waals surface area (Å²) in [7, 11) is 1.90. The fourth-order valence-corrected chi connectivity index (χ4v) is 3.43. The number of para-hydroxylation sites is 1. The highest BCUT2D eigenvalue weighted by atomic mass is 19.1. The van der Waals surface area contributed by atoms with Crippen LogP contribution in [0.4, 0.5) is 10.1 Å². The number of rotatable bonds is 4. The van der Waals surface area contributed by atoms with Crippen LogP contribution in [0.2, 0.25) is 0 Å². The molecule has 0 amide bonds. The summed E-state index contributed by atoms with van der Waals surface area (Å²) in [4.78, 5) is 4.70. The highest BCUT2D eigenvalue weighted by molar-refractivity contribution is 5.56. The summed E-state index contributed by atoms with van der Waals surface area (Å²) in [5.74, 6) is -0.106. The van der Waals surface area contributed by atoms with Gasteiger partial charge >= 0.3 is 0 Å². The van der Waals surface area contributed by atoms with Crippen molar-refractivity contribution in [3.63, 3.8) is 0 Å².